The van der Waals surface area contributed by atoms with Crippen molar-refractivity contribution in [2.24, 2.45) is 5.92 Å². The van der Waals surface area contributed by atoms with Gasteiger partial charge in [-0.05, 0) is 51.7 Å². The lowest BCUT2D eigenvalue weighted by Gasteiger charge is -2.35. The minimum Gasteiger partial charge on any atom is -0.444 e. The Kier molecular flexibility index (Phi) is 11.6. The van der Waals surface area contributed by atoms with Crippen LogP contribution < -0.4 is 10.6 Å². The molecule has 0 aromatic heterocycles. The van der Waals surface area contributed by atoms with E-state index < -0.39 is 23.8 Å². The number of hydrogen-bond donors (Lipinski definition) is 2. The van der Waals surface area contributed by atoms with Crippen LogP contribution in [0.4, 0.5) is 4.79 Å². The standard InChI is InChI=1S/C27H41N3O4/c1-9-12-15-18-28-24(31)23(21-17-14-13-16-20(21)10-2)30(11-3)25(32)22(19(4)5)29-26(33)34-27(6,7)8/h2,13-14,16-17,19,22-23H,9,11-12,15,18H2,1,3-8H3,(H,28,31)(H,29,33). The molecule has 0 radical (unpaired) electrons. The molecule has 0 aliphatic carbocycles. The average Bonchev–Trinajstić information content (AvgIpc) is 2.76. The SMILES string of the molecule is C#Cc1ccccc1C(C(=O)NCCCCC)N(CC)C(=O)C(NC(=O)OC(C)(C)C)C(C)C. The third kappa shape index (κ3) is 8.74. The summed E-state index contributed by atoms with van der Waals surface area (Å²) in [7, 11) is 0. The van der Waals surface area contributed by atoms with E-state index in [0.29, 0.717) is 17.7 Å². The monoisotopic (exact) mass is 471 g/mol. The van der Waals surface area contributed by atoms with Crippen molar-refractivity contribution in [3.63, 3.8) is 0 Å². The van der Waals surface area contributed by atoms with Gasteiger partial charge in [0.05, 0.1) is 0 Å². The van der Waals surface area contributed by atoms with Crippen molar-refractivity contribution in [2.75, 3.05) is 13.1 Å². The number of terminal acetylenes is 1. The highest BCUT2D eigenvalue weighted by Gasteiger charge is 2.37. The molecule has 34 heavy (non-hydrogen) atoms. The van der Waals surface area contributed by atoms with Crippen LogP contribution in [0, 0.1) is 18.3 Å². The van der Waals surface area contributed by atoms with E-state index in [9.17, 15) is 14.4 Å². The lowest BCUT2D eigenvalue weighted by Crippen LogP contribution is -2.55. The number of ether oxygens (including phenoxy) is 1. The Balaban J connectivity index is 3.34. The van der Waals surface area contributed by atoms with Gasteiger partial charge in [0, 0.05) is 18.7 Å². The fraction of sp³-hybridized carbons (Fsp3) is 0.593. The number of hydrogen-bond acceptors (Lipinski definition) is 4. The van der Waals surface area contributed by atoms with E-state index in [0.717, 1.165) is 19.3 Å². The Labute approximate surface area is 205 Å². The van der Waals surface area contributed by atoms with Gasteiger partial charge in [0.2, 0.25) is 11.8 Å². The summed E-state index contributed by atoms with van der Waals surface area (Å²) in [6.45, 7) is 13.6. The lowest BCUT2D eigenvalue weighted by molar-refractivity contribution is -0.143. The fourth-order valence-electron chi connectivity index (χ4n) is 3.59. The molecule has 1 rings (SSSR count). The van der Waals surface area contributed by atoms with E-state index in [1.54, 1.807) is 52.0 Å². The smallest absolute Gasteiger partial charge is 0.408 e. The zero-order valence-corrected chi connectivity index (χ0v) is 21.7. The van der Waals surface area contributed by atoms with Crippen LogP contribution in [0.15, 0.2) is 24.3 Å². The minimum absolute atomic E-state index is 0.231. The summed E-state index contributed by atoms with van der Waals surface area (Å²) >= 11 is 0. The summed E-state index contributed by atoms with van der Waals surface area (Å²) in [6.07, 6.45) is 7.92. The van der Waals surface area contributed by atoms with Gasteiger partial charge in [-0.25, -0.2) is 4.79 Å². The van der Waals surface area contributed by atoms with Gasteiger partial charge in [0.15, 0.2) is 0 Å². The second kappa shape index (κ2) is 13.6. The average molecular weight is 472 g/mol. The normalized spacial score (nSPS) is 12.9. The highest BCUT2D eigenvalue weighted by atomic mass is 16.6. The molecule has 188 valence electrons. The van der Waals surface area contributed by atoms with Crippen molar-refractivity contribution >= 4 is 17.9 Å². The quantitative estimate of drug-likeness (QED) is 0.370. The number of carbonyl (C=O) groups is 3. The Hall–Kier alpha value is -3.01. The van der Waals surface area contributed by atoms with E-state index in [2.05, 4.69) is 23.5 Å². The highest BCUT2D eigenvalue weighted by Crippen LogP contribution is 2.26. The molecule has 0 spiro atoms. The topological polar surface area (TPSA) is 87.7 Å². The molecule has 0 bridgehead atoms. The number of carbonyl (C=O) groups excluding carboxylic acids is 3. The van der Waals surface area contributed by atoms with Crippen LogP contribution in [0.5, 0.6) is 0 Å². The summed E-state index contributed by atoms with van der Waals surface area (Å²) in [5, 5.41) is 5.66. The van der Waals surface area contributed by atoms with Gasteiger partial charge < -0.3 is 20.3 Å². The molecule has 2 N–H and O–H groups in total. The largest absolute Gasteiger partial charge is 0.444 e. The summed E-state index contributed by atoms with van der Waals surface area (Å²) in [5.74, 6) is 1.73. The zero-order chi connectivity index (χ0) is 25.9. The maximum atomic E-state index is 13.7. The number of likely N-dealkylation sites (N-methyl/N-ethyl adjacent to an activating group) is 1. The van der Waals surface area contributed by atoms with E-state index in [4.69, 9.17) is 11.2 Å². The third-order valence-corrected chi connectivity index (χ3v) is 5.28. The number of alkyl carbamates (subject to hydrolysis) is 1. The van der Waals surface area contributed by atoms with Gasteiger partial charge >= 0.3 is 6.09 Å². The Morgan fingerprint density at radius 2 is 1.76 bits per heavy atom. The number of nitrogens with one attached hydrogen (secondary N) is 2. The first-order valence-electron chi connectivity index (χ1n) is 12.1. The first-order chi connectivity index (χ1) is 16.0. The Morgan fingerprint density at radius 3 is 2.29 bits per heavy atom. The van der Waals surface area contributed by atoms with E-state index >= 15 is 0 Å². The number of amides is 3. The lowest BCUT2D eigenvalue weighted by atomic mass is 9.96. The van der Waals surface area contributed by atoms with Gasteiger partial charge in [-0.15, -0.1) is 6.42 Å². The van der Waals surface area contributed by atoms with Crippen LogP contribution in [0.3, 0.4) is 0 Å². The molecule has 0 saturated heterocycles. The predicted octanol–water partition coefficient (Wildman–Crippen LogP) is 4.41. The number of unbranched alkanes of at least 4 members (excludes halogenated alkanes) is 2. The van der Waals surface area contributed by atoms with Crippen LogP contribution >= 0.6 is 0 Å². The molecule has 0 fully saturated rings. The summed E-state index contributed by atoms with van der Waals surface area (Å²) in [4.78, 5) is 41.1. The molecular weight excluding hydrogens is 430 g/mol. The fourth-order valence-corrected chi connectivity index (χ4v) is 3.59. The van der Waals surface area contributed by atoms with Gasteiger partial charge in [-0.3, -0.25) is 9.59 Å². The van der Waals surface area contributed by atoms with E-state index in [1.807, 2.05) is 13.8 Å². The molecule has 0 saturated carbocycles. The van der Waals surface area contributed by atoms with Crippen molar-refractivity contribution < 1.29 is 19.1 Å². The second-order valence-corrected chi connectivity index (χ2v) is 9.62. The maximum Gasteiger partial charge on any atom is 0.408 e. The van der Waals surface area contributed by atoms with Gasteiger partial charge in [-0.1, -0.05) is 57.7 Å². The molecular formula is C27H41N3O4. The van der Waals surface area contributed by atoms with Crippen molar-refractivity contribution in [1.82, 2.24) is 15.5 Å². The molecule has 0 heterocycles. The summed E-state index contributed by atoms with van der Waals surface area (Å²) < 4.78 is 5.36. The van der Waals surface area contributed by atoms with E-state index in [1.165, 1.54) is 4.90 Å². The molecule has 0 aliphatic heterocycles. The van der Waals surface area contributed by atoms with Crippen LogP contribution in [0.25, 0.3) is 0 Å². The van der Waals surface area contributed by atoms with Crippen LogP contribution in [-0.2, 0) is 14.3 Å². The minimum atomic E-state index is -0.923. The molecule has 0 aliphatic rings. The van der Waals surface area contributed by atoms with E-state index in [-0.39, 0.29) is 24.3 Å². The van der Waals surface area contributed by atoms with Crippen LogP contribution in [0.2, 0.25) is 0 Å². The van der Waals surface area contributed by atoms with Crippen molar-refractivity contribution in [1.29, 1.82) is 0 Å². The van der Waals surface area contributed by atoms with Crippen molar-refractivity contribution in [2.45, 2.75) is 85.4 Å². The van der Waals surface area contributed by atoms with Crippen molar-refractivity contribution in [3.8, 4) is 12.3 Å². The molecule has 2 unspecified atom stereocenters. The third-order valence-electron chi connectivity index (χ3n) is 5.28. The summed E-state index contributed by atoms with van der Waals surface area (Å²) in [5.41, 5.74) is 0.419. The number of nitrogens with zero attached hydrogens (tertiary/aromatic N) is 1. The predicted molar refractivity (Wildman–Crippen MR) is 135 cm³/mol. The first-order valence-corrected chi connectivity index (χ1v) is 12.1. The second-order valence-electron chi connectivity index (χ2n) is 9.62. The molecule has 7 nitrogen and oxygen atoms in total. The number of rotatable bonds is 11. The Bertz CT molecular complexity index is 867. The van der Waals surface area contributed by atoms with Crippen LogP contribution in [-0.4, -0.2) is 47.5 Å². The zero-order valence-electron chi connectivity index (χ0n) is 21.7. The Morgan fingerprint density at radius 1 is 1.12 bits per heavy atom. The molecule has 7 heteroatoms. The highest BCUT2D eigenvalue weighted by molar-refractivity contribution is 5.92. The molecule has 2 atom stereocenters. The number of benzene rings is 1. The van der Waals surface area contributed by atoms with Gasteiger partial charge in [0.25, 0.3) is 0 Å². The van der Waals surface area contributed by atoms with Crippen LogP contribution in [0.1, 0.15) is 84.9 Å². The molecule has 3 amide bonds. The maximum absolute atomic E-state index is 13.7. The van der Waals surface area contributed by atoms with Gasteiger partial charge in [-0.2, -0.15) is 0 Å². The van der Waals surface area contributed by atoms with Crippen molar-refractivity contribution in [3.05, 3.63) is 35.4 Å². The first kappa shape index (κ1) is 29.0. The summed E-state index contributed by atoms with van der Waals surface area (Å²) in [6, 6.07) is 5.33. The molecule has 1 aromatic rings. The molecule has 1 aromatic carbocycles. The van der Waals surface area contributed by atoms with Gasteiger partial charge in [0.1, 0.15) is 17.7 Å².